The molecular weight excluding hydrogens is 346 g/mol. The highest BCUT2D eigenvalue weighted by molar-refractivity contribution is 7.94. The number of aryl methyl sites for hydroxylation is 1. The van der Waals surface area contributed by atoms with Crippen LogP contribution >= 0.6 is 11.3 Å². The monoisotopic (exact) mass is 359 g/mol. The number of rotatable bonds is 4. The standard InChI is InChI=1S/C15H13N5O2S2/c1-20-15(16-9-17-20)12-8-10-4-2-5-11(14(10)18-12)19-24(21,22)13-6-3-7-23-13/h2-9,18-19H,1H3. The largest absolute Gasteiger partial charge is 0.350 e. The first-order valence-corrected chi connectivity index (χ1v) is 9.43. The molecule has 122 valence electrons. The van der Waals surface area contributed by atoms with Gasteiger partial charge in [0.1, 0.15) is 10.5 Å². The molecule has 3 aromatic heterocycles. The normalized spacial score (nSPS) is 11.9. The zero-order valence-electron chi connectivity index (χ0n) is 12.6. The number of sulfonamides is 1. The van der Waals surface area contributed by atoms with Crippen molar-refractivity contribution in [3.63, 3.8) is 0 Å². The van der Waals surface area contributed by atoms with Gasteiger partial charge in [-0.2, -0.15) is 5.10 Å². The Kier molecular flexibility index (Phi) is 3.39. The molecule has 4 aromatic rings. The molecule has 0 aliphatic carbocycles. The maximum absolute atomic E-state index is 12.5. The Morgan fingerprint density at radius 2 is 2.12 bits per heavy atom. The van der Waals surface area contributed by atoms with E-state index in [0.29, 0.717) is 17.0 Å². The summed E-state index contributed by atoms with van der Waals surface area (Å²) in [7, 11) is -1.80. The third kappa shape index (κ3) is 2.47. The SMILES string of the molecule is Cn1ncnc1-c1cc2cccc(NS(=O)(=O)c3cccs3)c2[nH]1. The van der Waals surface area contributed by atoms with E-state index in [0.717, 1.165) is 11.1 Å². The zero-order chi connectivity index (χ0) is 16.7. The van der Waals surface area contributed by atoms with Crippen LogP contribution in [0.1, 0.15) is 0 Å². The number of anilines is 1. The fraction of sp³-hybridized carbons (Fsp3) is 0.0667. The first-order valence-electron chi connectivity index (χ1n) is 7.07. The number of thiophene rings is 1. The molecule has 1 aromatic carbocycles. The molecule has 0 radical (unpaired) electrons. The molecule has 2 N–H and O–H groups in total. The van der Waals surface area contributed by atoms with Gasteiger partial charge < -0.3 is 4.98 Å². The van der Waals surface area contributed by atoms with Crippen LogP contribution in [0.3, 0.4) is 0 Å². The Bertz CT molecular complexity index is 1110. The molecule has 9 heteroatoms. The van der Waals surface area contributed by atoms with E-state index in [1.807, 2.05) is 18.2 Å². The lowest BCUT2D eigenvalue weighted by Gasteiger charge is -2.07. The number of hydrogen-bond donors (Lipinski definition) is 2. The van der Waals surface area contributed by atoms with Crippen LogP contribution in [0, 0.1) is 0 Å². The highest BCUT2D eigenvalue weighted by atomic mass is 32.2. The van der Waals surface area contributed by atoms with E-state index in [1.54, 1.807) is 35.3 Å². The molecule has 0 spiro atoms. The van der Waals surface area contributed by atoms with Crippen molar-refractivity contribution in [2.24, 2.45) is 7.05 Å². The van der Waals surface area contributed by atoms with E-state index >= 15 is 0 Å². The van der Waals surface area contributed by atoms with Crippen molar-refractivity contribution in [2.75, 3.05) is 4.72 Å². The van der Waals surface area contributed by atoms with Crippen molar-refractivity contribution in [1.82, 2.24) is 19.7 Å². The van der Waals surface area contributed by atoms with Crippen LogP contribution in [0.2, 0.25) is 0 Å². The lowest BCUT2D eigenvalue weighted by Crippen LogP contribution is -2.11. The van der Waals surface area contributed by atoms with E-state index in [2.05, 4.69) is 19.8 Å². The van der Waals surface area contributed by atoms with Gasteiger partial charge >= 0.3 is 0 Å². The highest BCUT2D eigenvalue weighted by Gasteiger charge is 2.18. The van der Waals surface area contributed by atoms with Crippen LogP contribution in [-0.2, 0) is 17.1 Å². The molecule has 3 heterocycles. The number of para-hydroxylation sites is 1. The van der Waals surface area contributed by atoms with Gasteiger partial charge in [0.15, 0.2) is 5.82 Å². The Morgan fingerprint density at radius 1 is 1.25 bits per heavy atom. The van der Waals surface area contributed by atoms with E-state index in [4.69, 9.17) is 0 Å². The molecule has 4 rings (SSSR count). The average molecular weight is 359 g/mol. The Hall–Kier alpha value is -2.65. The van der Waals surface area contributed by atoms with Gasteiger partial charge in [0.2, 0.25) is 0 Å². The zero-order valence-corrected chi connectivity index (χ0v) is 14.2. The van der Waals surface area contributed by atoms with Gasteiger partial charge in [-0.1, -0.05) is 18.2 Å². The van der Waals surface area contributed by atoms with Crippen molar-refractivity contribution in [1.29, 1.82) is 0 Å². The summed E-state index contributed by atoms with van der Waals surface area (Å²) in [6, 6.07) is 10.7. The third-order valence-corrected chi connectivity index (χ3v) is 6.38. The number of aromatic amines is 1. The molecule has 0 atom stereocenters. The number of aromatic nitrogens is 4. The number of nitrogens with one attached hydrogen (secondary N) is 2. The molecule has 0 saturated carbocycles. The smallest absolute Gasteiger partial charge is 0.271 e. The van der Waals surface area contributed by atoms with Crippen LogP contribution in [0.25, 0.3) is 22.4 Å². The second-order valence-corrected chi connectivity index (χ2v) is 8.05. The molecular formula is C15H13N5O2S2. The number of benzene rings is 1. The van der Waals surface area contributed by atoms with Gasteiger partial charge in [-0.3, -0.25) is 4.72 Å². The van der Waals surface area contributed by atoms with E-state index in [-0.39, 0.29) is 4.21 Å². The fourth-order valence-electron chi connectivity index (χ4n) is 2.51. The molecule has 0 aliphatic heterocycles. The molecule has 24 heavy (non-hydrogen) atoms. The lowest BCUT2D eigenvalue weighted by atomic mass is 10.2. The van der Waals surface area contributed by atoms with Gasteiger partial charge in [-0.15, -0.1) is 11.3 Å². The first kappa shape index (κ1) is 14.9. The van der Waals surface area contributed by atoms with E-state index < -0.39 is 10.0 Å². The summed E-state index contributed by atoms with van der Waals surface area (Å²) in [6.07, 6.45) is 1.47. The maximum atomic E-state index is 12.5. The van der Waals surface area contributed by atoms with Crippen molar-refractivity contribution in [3.05, 3.63) is 48.1 Å². The summed E-state index contributed by atoms with van der Waals surface area (Å²) < 4.78 is 29.5. The van der Waals surface area contributed by atoms with E-state index in [9.17, 15) is 8.42 Å². The summed E-state index contributed by atoms with van der Waals surface area (Å²) in [5.74, 6) is 0.679. The number of hydrogen-bond acceptors (Lipinski definition) is 5. The van der Waals surface area contributed by atoms with Crippen LogP contribution in [0.5, 0.6) is 0 Å². The van der Waals surface area contributed by atoms with Crippen molar-refractivity contribution >= 4 is 38.0 Å². The quantitative estimate of drug-likeness (QED) is 0.586. The molecule has 7 nitrogen and oxygen atoms in total. The summed E-state index contributed by atoms with van der Waals surface area (Å²) >= 11 is 1.18. The van der Waals surface area contributed by atoms with Crippen LogP contribution in [-0.4, -0.2) is 28.2 Å². The molecule has 0 saturated heterocycles. The van der Waals surface area contributed by atoms with Gasteiger partial charge in [0.05, 0.1) is 16.9 Å². The van der Waals surface area contributed by atoms with Crippen molar-refractivity contribution in [3.8, 4) is 11.5 Å². The minimum absolute atomic E-state index is 0.277. The van der Waals surface area contributed by atoms with Gasteiger partial charge in [0, 0.05) is 12.4 Å². The maximum Gasteiger partial charge on any atom is 0.271 e. The second-order valence-electron chi connectivity index (χ2n) is 5.20. The summed E-state index contributed by atoms with van der Waals surface area (Å²) in [6.45, 7) is 0. The van der Waals surface area contributed by atoms with Gasteiger partial charge in [0.25, 0.3) is 10.0 Å². The number of H-pyrrole nitrogens is 1. The molecule has 0 bridgehead atoms. The van der Waals surface area contributed by atoms with Gasteiger partial charge in [-0.25, -0.2) is 18.1 Å². The van der Waals surface area contributed by atoms with E-state index in [1.165, 1.54) is 17.7 Å². The highest BCUT2D eigenvalue weighted by Crippen LogP contribution is 2.29. The lowest BCUT2D eigenvalue weighted by molar-refractivity contribution is 0.603. The van der Waals surface area contributed by atoms with Gasteiger partial charge in [-0.05, 0) is 23.6 Å². The minimum Gasteiger partial charge on any atom is -0.350 e. The Labute approximate surface area is 142 Å². The van der Waals surface area contributed by atoms with Crippen molar-refractivity contribution < 1.29 is 8.42 Å². The topological polar surface area (TPSA) is 92.7 Å². The molecule has 0 fully saturated rings. The average Bonchev–Trinajstić information content (AvgIpc) is 3.27. The Morgan fingerprint density at radius 3 is 2.83 bits per heavy atom. The Balaban J connectivity index is 1.80. The van der Waals surface area contributed by atoms with Crippen LogP contribution < -0.4 is 4.72 Å². The fourth-order valence-corrected chi connectivity index (χ4v) is 4.58. The summed E-state index contributed by atoms with van der Waals surface area (Å²) in [5.41, 5.74) is 1.97. The predicted octanol–water partition coefficient (Wildman–Crippen LogP) is 2.83. The van der Waals surface area contributed by atoms with Crippen LogP contribution in [0.4, 0.5) is 5.69 Å². The second kappa shape index (κ2) is 5.46. The number of fused-ring (bicyclic) bond motifs is 1. The van der Waals surface area contributed by atoms with Crippen molar-refractivity contribution in [2.45, 2.75) is 4.21 Å². The minimum atomic E-state index is -3.60. The first-order chi connectivity index (χ1) is 11.5. The summed E-state index contributed by atoms with van der Waals surface area (Å²) in [4.78, 5) is 7.44. The predicted molar refractivity (Wildman–Crippen MR) is 93.4 cm³/mol. The summed E-state index contributed by atoms with van der Waals surface area (Å²) in [5, 5.41) is 6.67. The number of nitrogens with zero attached hydrogens (tertiary/aromatic N) is 3. The van der Waals surface area contributed by atoms with Crippen LogP contribution in [0.15, 0.2) is 52.3 Å². The molecule has 0 amide bonds. The molecule has 0 unspecified atom stereocenters. The molecule has 0 aliphatic rings. The third-order valence-electron chi connectivity index (χ3n) is 3.61.